The summed E-state index contributed by atoms with van der Waals surface area (Å²) in [5, 5.41) is 0. The summed E-state index contributed by atoms with van der Waals surface area (Å²) in [7, 11) is 0. The highest BCUT2D eigenvalue weighted by Gasteiger charge is 2.16. The van der Waals surface area contributed by atoms with E-state index in [-0.39, 0.29) is 0 Å². The van der Waals surface area contributed by atoms with E-state index in [1.165, 1.54) is 44.9 Å². The van der Waals surface area contributed by atoms with E-state index in [1.54, 1.807) is 0 Å². The molecule has 0 bridgehead atoms. The van der Waals surface area contributed by atoms with Crippen molar-refractivity contribution >= 4 is 0 Å². The van der Waals surface area contributed by atoms with Crippen molar-refractivity contribution in [2.45, 2.75) is 128 Å². The zero-order valence-corrected chi connectivity index (χ0v) is 19.8. The van der Waals surface area contributed by atoms with Gasteiger partial charge in [0.1, 0.15) is 0 Å². The Balaban J connectivity index is -0.000000276. The molecule has 0 heteroatoms. The SMILES string of the molecule is CCC(C)C(C)(C)C.CCC(C)CC(C)C.CCCCCC(C)C. The highest BCUT2D eigenvalue weighted by molar-refractivity contribution is 4.67. The summed E-state index contributed by atoms with van der Waals surface area (Å²) in [5.74, 6) is 3.56. The first kappa shape index (κ1) is 28.8. The molecule has 0 aliphatic carbocycles. The van der Waals surface area contributed by atoms with Crippen molar-refractivity contribution in [3.8, 4) is 0 Å². The lowest BCUT2D eigenvalue weighted by atomic mass is 9.81. The number of hydrogen-bond acceptors (Lipinski definition) is 0. The van der Waals surface area contributed by atoms with Crippen LogP contribution >= 0.6 is 0 Å². The molecule has 0 radical (unpaired) electrons. The Kier molecular flexibility index (Phi) is 21.4. The third-order valence-electron chi connectivity index (χ3n) is 5.05. The largest absolute Gasteiger partial charge is 0.0654 e. The van der Waals surface area contributed by atoms with Gasteiger partial charge in [0.15, 0.2) is 0 Å². The van der Waals surface area contributed by atoms with Crippen molar-refractivity contribution < 1.29 is 0 Å². The molecule has 0 saturated heterocycles. The average Bonchev–Trinajstić information content (AvgIpc) is 2.46. The van der Waals surface area contributed by atoms with E-state index in [4.69, 9.17) is 0 Å². The molecule has 2 unspecified atom stereocenters. The highest BCUT2D eigenvalue weighted by Crippen LogP contribution is 2.27. The van der Waals surface area contributed by atoms with Crippen molar-refractivity contribution in [2.75, 3.05) is 0 Å². The number of rotatable bonds is 8. The number of unbranched alkanes of at least 4 members (excludes halogenated alkanes) is 2. The molecule has 0 nitrogen and oxygen atoms in total. The fraction of sp³-hybridized carbons (Fsp3) is 1.00. The molecule has 0 aliphatic heterocycles. The summed E-state index contributed by atoms with van der Waals surface area (Å²) in [6.07, 6.45) is 9.62. The Bertz CT molecular complexity index is 219. The zero-order chi connectivity index (χ0) is 19.8. The lowest BCUT2D eigenvalue weighted by Crippen LogP contribution is -2.15. The van der Waals surface area contributed by atoms with Gasteiger partial charge in [-0.25, -0.2) is 0 Å². The van der Waals surface area contributed by atoms with E-state index >= 15 is 0 Å². The van der Waals surface area contributed by atoms with Gasteiger partial charge in [-0.15, -0.1) is 0 Å². The topological polar surface area (TPSA) is 0 Å². The minimum Gasteiger partial charge on any atom is -0.0654 e. The Morgan fingerprint density at radius 1 is 0.667 bits per heavy atom. The second-order valence-corrected chi connectivity index (χ2v) is 9.71. The van der Waals surface area contributed by atoms with Gasteiger partial charge >= 0.3 is 0 Å². The first-order valence-corrected chi connectivity index (χ1v) is 10.9. The van der Waals surface area contributed by atoms with Crippen molar-refractivity contribution in [3.05, 3.63) is 0 Å². The molecule has 0 N–H and O–H groups in total. The van der Waals surface area contributed by atoms with E-state index in [1.807, 2.05) is 0 Å². The van der Waals surface area contributed by atoms with Gasteiger partial charge in [-0.05, 0) is 35.5 Å². The Morgan fingerprint density at radius 2 is 1.17 bits per heavy atom. The summed E-state index contributed by atoms with van der Waals surface area (Å²) < 4.78 is 0. The number of hydrogen-bond donors (Lipinski definition) is 0. The highest BCUT2D eigenvalue weighted by atomic mass is 14.2. The molecule has 0 spiro atoms. The molecule has 0 rings (SSSR count). The molecular formula is C24H54. The maximum atomic E-state index is 2.32. The van der Waals surface area contributed by atoms with Gasteiger partial charge in [0.05, 0.1) is 0 Å². The predicted octanol–water partition coefficient (Wildman–Crippen LogP) is 9.38. The van der Waals surface area contributed by atoms with E-state index in [0.29, 0.717) is 5.41 Å². The first-order valence-electron chi connectivity index (χ1n) is 10.9. The molecule has 150 valence electrons. The lowest BCUT2D eigenvalue weighted by Gasteiger charge is -2.25. The maximum absolute atomic E-state index is 2.32. The van der Waals surface area contributed by atoms with Crippen LogP contribution in [-0.4, -0.2) is 0 Å². The Morgan fingerprint density at radius 3 is 1.33 bits per heavy atom. The molecule has 0 fully saturated rings. The molecule has 0 aliphatic rings. The fourth-order valence-electron chi connectivity index (χ4n) is 2.39. The van der Waals surface area contributed by atoms with E-state index in [9.17, 15) is 0 Å². The van der Waals surface area contributed by atoms with Gasteiger partial charge in [-0.2, -0.15) is 0 Å². The van der Waals surface area contributed by atoms with Crippen LogP contribution < -0.4 is 0 Å². The monoisotopic (exact) mass is 342 g/mol. The minimum absolute atomic E-state index is 0.509. The van der Waals surface area contributed by atoms with Crippen LogP contribution in [0.2, 0.25) is 0 Å². The predicted molar refractivity (Wildman–Crippen MR) is 117 cm³/mol. The van der Waals surface area contributed by atoms with E-state index < -0.39 is 0 Å². The Hall–Kier alpha value is 0. The molecule has 24 heavy (non-hydrogen) atoms. The van der Waals surface area contributed by atoms with Crippen LogP contribution in [0.5, 0.6) is 0 Å². The smallest absolute Gasteiger partial charge is 0.0357 e. The molecule has 0 saturated carbocycles. The molecular weight excluding hydrogens is 288 g/mol. The van der Waals surface area contributed by atoms with Gasteiger partial charge in [0.2, 0.25) is 0 Å². The maximum Gasteiger partial charge on any atom is -0.0357 e. The third-order valence-corrected chi connectivity index (χ3v) is 5.05. The van der Waals surface area contributed by atoms with Gasteiger partial charge in [0.25, 0.3) is 0 Å². The lowest BCUT2D eigenvalue weighted by molar-refractivity contribution is 0.254. The van der Waals surface area contributed by atoms with Crippen LogP contribution in [-0.2, 0) is 0 Å². The van der Waals surface area contributed by atoms with Crippen molar-refractivity contribution in [2.24, 2.45) is 29.1 Å². The van der Waals surface area contributed by atoms with Gasteiger partial charge in [-0.1, -0.05) is 122 Å². The van der Waals surface area contributed by atoms with Crippen LogP contribution in [0.1, 0.15) is 128 Å². The van der Waals surface area contributed by atoms with Crippen molar-refractivity contribution in [1.29, 1.82) is 0 Å². The summed E-state index contributed by atoms with van der Waals surface area (Å²) >= 11 is 0. The zero-order valence-electron chi connectivity index (χ0n) is 19.8. The summed E-state index contributed by atoms with van der Waals surface area (Å²) in [4.78, 5) is 0. The van der Waals surface area contributed by atoms with Gasteiger partial charge in [0, 0.05) is 0 Å². The van der Waals surface area contributed by atoms with Crippen molar-refractivity contribution in [1.82, 2.24) is 0 Å². The standard InChI is InChI=1S/3C8H18/c1-6-7(2)8(3,4)5;1-5-8(4)6-7(2)3;1-4-5-6-7-8(2)3/h7H,6H2,1-5H3;7-8H,5-6H2,1-4H3;8H,4-7H2,1-3H3. The van der Waals surface area contributed by atoms with Crippen LogP contribution in [0, 0.1) is 29.1 Å². The second kappa shape index (κ2) is 17.8. The molecule has 0 amide bonds. The third kappa shape index (κ3) is 26.9. The minimum atomic E-state index is 0.509. The van der Waals surface area contributed by atoms with Crippen LogP contribution in [0.15, 0.2) is 0 Å². The fourth-order valence-corrected chi connectivity index (χ4v) is 2.39. The summed E-state index contributed by atoms with van der Waals surface area (Å²) in [5.41, 5.74) is 0.509. The quantitative estimate of drug-likeness (QED) is 0.385. The Labute approximate surface area is 157 Å². The summed E-state index contributed by atoms with van der Waals surface area (Å²) in [6.45, 7) is 27.4. The summed E-state index contributed by atoms with van der Waals surface area (Å²) in [6, 6.07) is 0. The molecule has 0 heterocycles. The molecule has 0 aromatic rings. The van der Waals surface area contributed by atoms with E-state index in [2.05, 4.69) is 83.1 Å². The molecule has 0 aromatic heterocycles. The second-order valence-electron chi connectivity index (χ2n) is 9.71. The normalized spacial score (nSPS) is 13.8. The molecule has 2 atom stereocenters. The van der Waals surface area contributed by atoms with Crippen LogP contribution in [0.3, 0.4) is 0 Å². The average molecular weight is 343 g/mol. The van der Waals surface area contributed by atoms with Gasteiger partial charge < -0.3 is 0 Å². The first-order chi connectivity index (χ1) is 10.9. The van der Waals surface area contributed by atoms with Crippen LogP contribution in [0.4, 0.5) is 0 Å². The van der Waals surface area contributed by atoms with Crippen molar-refractivity contribution in [3.63, 3.8) is 0 Å². The van der Waals surface area contributed by atoms with E-state index in [0.717, 1.165) is 23.7 Å². The molecule has 0 aromatic carbocycles. The van der Waals surface area contributed by atoms with Crippen LogP contribution in [0.25, 0.3) is 0 Å². The van der Waals surface area contributed by atoms with Gasteiger partial charge in [-0.3, -0.25) is 0 Å².